The molecule has 0 radical (unpaired) electrons. The van der Waals surface area contributed by atoms with Crippen LogP contribution in [0.25, 0.3) is 11.3 Å². The third kappa shape index (κ3) is 3.80. The zero-order chi connectivity index (χ0) is 17.8. The first-order chi connectivity index (χ1) is 12.1. The first-order valence-electron chi connectivity index (χ1n) is 7.97. The van der Waals surface area contributed by atoms with Crippen molar-refractivity contribution >= 4 is 5.69 Å². The van der Waals surface area contributed by atoms with Crippen LogP contribution in [0.4, 0.5) is 5.69 Å². The Labute approximate surface area is 144 Å². The fourth-order valence-electron chi connectivity index (χ4n) is 2.57. The smallest absolute Gasteiger partial charge is 0.268 e. The van der Waals surface area contributed by atoms with Crippen molar-refractivity contribution < 1.29 is 4.92 Å². The number of rotatable bonds is 5. The van der Waals surface area contributed by atoms with Crippen molar-refractivity contribution in [3.05, 3.63) is 92.3 Å². The van der Waals surface area contributed by atoms with Crippen LogP contribution in [-0.2, 0) is 13.0 Å². The quantitative estimate of drug-likeness (QED) is 0.528. The van der Waals surface area contributed by atoms with Gasteiger partial charge in [-0.1, -0.05) is 43.3 Å². The third-order valence-corrected chi connectivity index (χ3v) is 3.98. The van der Waals surface area contributed by atoms with Gasteiger partial charge in [-0.2, -0.15) is 5.10 Å². The van der Waals surface area contributed by atoms with Crippen molar-refractivity contribution in [1.82, 2.24) is 9.78 Å². The highest BCUT2D eigenvalue weighted by molar-refractivity contribution is 5.58. The van der Waals surface area contributed by atoms with E-state index in [1.165, 1.54) is 28.4 Å². The summed E-state index contributed by atoms with van der Waals surface area (Å²) in [7, 11) is 0. The Morgan fingerprint density at radius 2 is 1.80 bits per heavy atom. The Morgan fingerprint density at radius 1 is 1.04 bits per heavy atom. The van der Waals surface area contributed by atoms with Crippen molar-refractivity contribution in [2.75, 3.05) is 0 Å². The molecule has 126 valence electrons. The molecule has 0 aliphatic rings. The maximum Gasteiger partial charge on any atom is 0.269 e. The molecule has 0 aliphatic heterocycles. The van der Waals surface area contributed by atoms with Crippen LogP contribution < -0.4 is 5.56 Å². The standard InChI is InChI=1S/C19H17N3O3/c1-2-14-6-8-16(9-7-14)18-10-11-19(23)21(20-18)13-15-4-3-5-17(12-15)22(24)25/h3-12H,2,13H2,1H3. The second-order valence-electron chi connectivity index (χ2n) is 5.69. The number of nitrogens with zero attached hydrogens (tertiary/aromatic N) is 3. The van der Waals surface area contributed by atoms with E-state index in [0.717, 1.165) is 12.0 Å². The number of nitro groups is 1. The summed E-state index contributed by atoms with van der Waals surface area (Å²) in [5, 5.41) is 15.3. The molecule has 0 amide bonds. The minimum absolute atomic E-state index is 0.00291. The molecule has 0 spiro atoms. The van der Waals surface area contributed by atoms with Gasteiger partial charge >= 0.3 is 0 Å². The molecule has 0 aliphatic carbocycles. The molecule has 0 fully saturated rings. The van der Waals surface area contributed by atoms with E-state index >= 15 is 0 Å². The molecule has 0 bridgehead atoms. The van der Waals surface area contributed by atoms with Crippen LogP contribution in [0.1, 0.15) is 18.1 Å². The normalized spacial score (nSPS) is 10.6. The topological polar surface area (TPSA) is 78.0 Å². The lowest BCUT2D eigenvalue weighted by Gasteiger charge is -2.08. The van der Waals surface area contributed by atoms with E-state index in [1.54, 1.807) is 18.2 Å². The van der Waals surface area contributed by atoms with E-state index in [-0.39, 0.29) is 17.8 Å². The average molecular weight is 335 g/mol. The minimum Gasteiger partial charge on any atom is -0.268 e. The molecule has 0 N–H and O–H groups in total. The molecule has 0 unspecified atom stereocenters. The highest BCUT2D eigenvalue weighted by atomic mass is 16.6. The number of non-ortho nitro benzene ring substituents is 1. The van der Waals surface area contributed by atoms with Gasteiger partial charge in [0.15, 0.2) is 0 Å². The second kappa shape index (κ2) is 7.09. The van der Waals surface area contributed by atoms with Gasteiger partial charge in [0.2, 0.25) is 0 Å². The van der Waals surface area contributed by atoms with E-state index in [4.69, 9.17) is 0 Å². The molecule has 0 atom stereocenters. The van der Waals surface area contributed by atoms with Crippen molar-refractivity contribution in [2.24, 2.45) is 0 Å². The van der Waals surface area contributed by atoms with E-state index < -0.39 is 4.92 Å². The number of hydrogen-bond acceptors (Lipinski definition) is 4. The van der Waals surface area contributed by atoms with Crippen molar-refractivity contribution in [1.29, 1.82) is 0 Å². The van der Waals surface area contributed by atoms with Crippen LogP contribution >= 0.6 is 0 Å². The van der Waals surface area contributed by atoms with Gasteiger partial charge in [0.1, 0.15) is 0 Å². The summed E-state index contributed by atoms with van der Waals surface area (Å²) in [6, 6.07) is 17.4. The maximum absolute atomic E-state index is 12.1. The monoisotopic (exact) mass is 335 g/mol. The van der Waals surface area contributed by atoms with Gasteiger partial charge < -0.3 is 0 Å². The zero-order valence-electron chi connectivity index (χ0n) is 13.8. The summed E-state index contributed by atoms with van der Waals surface area (Å²) in [6.45, 7) is 2.27. The molecule has 0 saturated heterocycles. The molecule has 25 heavy (non-hydrogen) atoms. The molecule has 0 saturated carbocycles. The lowest BCUT2D eigenvalue weighted by atomic mass is 10.1. The summed E-state index contributed by atoms with van der Waals surface area (Å²) < 4.78 is 1.32. The van der Waals surface area contributed by atoms with E-state index in [2.05, 4.69) is 12.0 Å². The van der Waals surface area contributed by atoms with Gasteiger partial charge in [0.05, 0.1) is 17.2 Å². The lowest BCUT2D eigenvalue weighted by molar-refractivity contribution is -0.384. The zero-order valence-corrected chi connectivity index (χ0v) is 13.8. The van der Waals surface area contributed by atoms with Crippen molar-refractivity contribution in [2.45, 2.75) is 19.9 Å². The summed E-state index contributed by atoms with van der Waals surface area (Å²) >= 11 is 0. The van der Waals surface area contributed by atoms with Crippen LogP contribution in [0, 0.1) is 10.1 Å². The van der Waals surface area contributed by atoms with Crippen LogP contribution in [0.15, 0.2) is 65.5 Å². The Kier molecular flexibility index (Phi) is 4.70. The van der Waals surface area contributed by atoms with Gasteiger partial charge in [-0.15, -0.1) is 0 Å². The van der Waals surface area contributed by atoms with Crippen LogP contribution in [-0.4, -0.2) is 14.7 Å². The largest absolute Gasteiger partial charge is 0.269 e. The van der Waals surface area contributed by atoms with Gasteiger partial charge in [0, 0.05) is 23.8 Å². The van der Waals surface area contributed by atoms with Gasteiger partial charge in [-0.05, 0) is 23.6 Å². The van der Waals surface area contributed by atoms with Crippen LogP contribution in [0.3, 0.4) is 0 Å². The highest BCUT2D eigenvalue weighted by Crippen LogP contribution is 2.17. The predicted octanol–water partition coefficient (Wildman–Crippen LogP) is 3.43. The third-order valence-electron chi connectivity index (χ3n) is 3.98. The number of aryl methyl sites for hydroxylation is 1. The summed E-state index contributed by atoms with van der Waals surface area (Å²) in [4.78, 5) is 22.5. The number of nitro benzene ring substituents is 1. The van der Waals surface area contributed by atoms with Crippen LogP contribution in [0.5, 0.6) is 0 Å². The Hall–Kier alpha value is -3.28. The molecule has 2 aromatic carbocycles. The Balaban J connectivity index is 1.92. The minimum atomic E-state index is -0.453. The molecule has 1 aromatic heterocycles. The summed E-state index contributed by atoms with van der Waals surface area (Å²) in [5.41, 5.74) is 3.24. The molecular formula is C19H17N3O3. The number of aromatic nitrogens is 2. The fourth-order valence-corrected chi connectivity index (χ4v) is 2.57. The molecule has 6 nitrogen and oxygen atoms in total. The molecule has 1 heterocycles. The molecule has 3 aromatic rings. The molecule has 3 rings (SSSR count). The van der Waals surface area contributed by atoms with E-state index in [1.807, 2.05) is 24.3 Å². The molecular weight excluding hydrogens is 318 g/mol. The van der Waals surface area contributed by atoms with Crippen molar-refractivity contribution in [3.63, 3.8) is 0 Å². The number of benzene rings is 2. The number of hydrogen-bond donors (Lipinski definition) is 0. The second-order valence-corrected chi connectivity index (χ2v) is 5.69. The Morgan fingerprint density at radius 3 is 2.48 bits per heavy atom. The van der Waals surface area contributed by atoms with Crippen molar-refractivity contribution in [3.8, 4) is 11.3 Å². The Bertz CT molecular complexity index is 962. The van der Waals surface area contributed by atoms with E-state index in [0.29, 0.717) is 11.3 Å². The van der Waals surface area contributed by atoms with Crippen LogP contribution in [0.2, 0.25) is 0 Å². The first kappa shape index (κ1) is 16.6. The van der Waals surface area contributed by atoms with Gasteiger partial charge in [0.25, 0.3) is 11.2 Å². The van der Waals surface area contributed by atoms with E-state index in [9.17, 15) is 14.9 Å². The molecule has 6 heteroatoms. The average Bonchev–Trinajstić information content (AvgIpc) is 2.64. The maximum atomic E-state index is 12.1. The van der Waals surface area contributed by atoms with Gasteiger partial charge in [-0.25, -0.2) is 4.68 Å². The fraction of sp³-hybridized carbons (Fsp3) is 0.158. The summed E-state index contributed by atoms with van der Waals surface area (Å²) in [5.74, 6) is 0. The first-order valence-corrected chi connectivity index (χ1v) is 7.97. The predicted molar refractivity (Wildman–Crippen MR) is 95.5 cm³/mol. The van der Waals surface area contributed by atoms with Gasteiger partial charge in [-0.3, -0.25) is 14.9 Å². The summed E-state index contributed by atoms with van der Waals surface area (Å²) in [6.07, 6.45) is 0.958. The SMILES string of the molecule is CCc1ccc(-c2ccc(=O)n(Cc3cccc([N+](=O)[O-])c3)n2)cc1. The lowest BCUT2D eigenvalue weighted by Crippen LogP contribution is -2.22. The highest BCUT2D eigenvalue weighted by Gasteiger charge is 2.08.